The van der Waals surface area contributed by atoms with Gasteiger partial charge in [0.05, 0.1) is 18.5 Å². The molecule has 0 bridgehead atoms. The Balaban J connectivity index is 1.53. The Morgan fingerprint density at radius 3 is 2.68 bits per heavy atom. The van der Waals surface area contributed by atoms with Crippen molar-refractivity contribution in [3.8, 4) is 28.3 Å². The Hall–Kier alpha value is -3.03. The molecule has 0 unspecified atom stereocenters. The number of methoxy groups -OCH3 is 1. The van der Waals surface area contributed by atoms with E-state index in [4.69, 9.17) is 4.74 Å². The highest BCUT2D eigenvalue weighted by Gasteiger charge is 2.15. The molecule has 0 saturated carbocycles. The highest BCUT2D eigenvalue weighted by molar-refractivity contribution is 7.14. The number of nitrogens with one attached hydrogen (secondary N) is 1. The lowest BCUT2D eigenvalue weighted by molar-refractivity contribution is 0.103. The average molecular weight is 408 g/mol. The fraction of sp³-hybridized carbons (Fsp3) is 0.0952. The summed E-state index contributed by atoms with van der Waals surface area (Å²) < 4.78 is 9.81. The topological polar surface area (TPSA) is 64.1 Å². The van der Waals surface area contributed by atoms with Crippen LogP contribution in [0.15, 0.2) is 60.0 Å². The zero-order chi connectivity index (χ0) is 19.5. The van der Waals surface area contributed by atoms with Crippen molar-refractivity contribution in [2.75, 3.05) is 12.4 Å². The van der Waals surface area contributed by atoms with Gasteiger partial charge in [0.2, 0.25) is 0 Å². The van der Waals surface area contributed by atoms with Crippen LogP contribution in [0.4, 0.5) is 5.13 Å². The van der Waals surface area contributed by atoms with Crippen molar-refractivity contribution < 1.29 is 9.53 Å². The summed E-state index contributed by atoms with van der Waals surface area (Å²) in [5.41, 5.74) is 4.58. The third-order valence-corrected chi connectivity index (χ3v) is 5.70. The first-order chi connectivity index (χ1) is 13.6. The summed E-state index contributed by atoms with van der Waals surface area (Å²) in [4.78, 5) is 17.7. The fourth-order valence-electron chi connectivity index (χ4n) is 2.76. The second-order valence-corrected chi connectivity index (χ2v) is 7.80. The normalized spacial score (nSPS) is 10.6. The first kappa shape index (κ1) is 18.3. The van der Waals surface area contributed by atoms with Crippen molar-refractivity contribution in [1.29, 1.82) is 0 Å². The molecule has 2 aromatic carbocycles. The first-order valence-corrected chi connectivity index (χ1v) is 10.2. The van der Waals surface area contributed by atoms with Gasteiger partial charge in [-0.25, -0.2) is 4.98 Å². The monoisotopic (exact) mass is 407 g/mol. The molecule has 0 fully saturated rings. The Bertz CT molecular complexity index is 1120. The largest absolute Gasteiger partial charge is 0.496 e. The van der Waals surface area contributed by atoms with Crippen LogP contribution in [-0.2, 0) is 0 Å². The number of aromatic nitrogens is 2. The SMILES string of the molecule is COc1ccc(C)cc1-c1csc(NC(=O)c2cc(-c3ccccc3)ns2)n1. The summed E-state index contributed by atoms with van der Waals surface area (Å²) >= 11 is 2.56. The predicted molar refractivity (Wildman–Crippen MR) is 114 cm³/mol. The number of hydrogen-bond acceptors (Lipinski definition) is 6. The summed E-state index contributed by atoms with van der Waals surface area (Å²) in [6.07, 6.45) is 0. The second kappa shape index (κ2) is 7.92. The molecule has 0 radical (unpaired) electrons. The molecule has 4 rings (SSSR count). The maximum Gasteiger partial charge on any atom is 0.269 e. The minimum atomic E-state index is -0.211. The average Bonchev–Trinajstić information content (AvgIpc) is 3.38. The Labute approximate surface area is 170 Å². The van der Waals surface area contributed by atoms with E-state index in [1.165, 1.54) is 22.9 Å². The fourth-order valence-corrected chi connectivity index (χ4v) is 4.12. The number of aryl methyl sites for hydroxylation is 1. The molecule has 0 aliphatic heterocycles. The molecule has 28 heavy (non-hydrogen) atoms. The van der Waals surface area contributed by atoms with Crippen molar-refractivity contribution in [3.05, 3.63) is 70.4 Å². The van der Waals surface area contributed by atoms with E-state index in [9.17, 15) is 4.79 Å². The van der Waals surface area contributed by atoms with Crippen LogP contribution in [0.25, 0.3) is 22.5 Å². The Morgan fingerprint density at radius 2 is 1.89 bits per heavy atom. The molecule has 0 aliphatic carbocycles. The smallest absolute Gasteiger partial charge is 0.269 e. The molecule has 0 atom stereocenters. The highest BCUT2D eigenvalue weighted by atomic mass is 32.1. The predicted octanol–water partition coefficient (Wildman–Crippen LogP) is 5.50. The van der Waals surface area contributed by atoms with E-state index < -0.39 is 0 Å². The molecule has 7 heteroatoms. The van der Waals surface area contributed by atoms with Crippen LogP contribution in [0.5, 0.6) is 5.75 Å². The minimum Gasteiger partial charge on any atom is -0.496 e. The molecule has 2 heterocycles. The highest BCUT2D eigenvalue weighted by Crippen LogP contribution is 2.33. The number of benzene rings is 2. The number of ether oxygens (including phenoxy) is 1. The van der Waals surface area contributed by atoms with Crippen LogP contribution in [0.2, 0.25) is 0 Å². The van der Waals surface area contributed by atoms with E-state index in [1.807, 2.05) is 60.8 Å². The van der Waals surface area contributed by atoms with Crippen LogP contribution in [-0.4, -0.2) is 22.4 Å². The Morgan fingerprint density at radius 1 is 1.07 bits per heavy atom. The number of carbonyl (C=O) groups excluding carboxylic acids is 1. The van der Waals surface area contributed by atoms with Crippen LogP contribution >= 0.6 is 22.9 Å². The van der Waals surface area contributed by atoms with Crippen molar-refractivity contribution in [1.82, 2.24) is 9.36 Å². The quantitative estimate of drug-likeness (QED) is 0.474. The third kappa shape index (κ3) is 3.81. The lowest BCUT2D eigenvalue weighted by atomic mass is 10.1. The molecule has 1 N–H and O–H groups in total. The number of hydrogen-bond donors (Lipinski definition) is 1. The third-order valence-electron chi connectivity index (χ3n) is 4.16. The van der Waals surface area contributed by atoms with Crippen LogP contribution in [0.1, 0.15) is 15.2 Å². The summed E-state index contributed by atoms with van der Waals surface area (Å²) in [5.74, 6) is 0.542. The van der Waals surface area contributed by atoms with Crippen molar-refractivity contribution in [2.24, 2.45) is 0 Å². The molecular weight excluding hydrogens is 390 g/mol. The zero-order valence-electron chi connectivity index (χ0n) is 15.3. The van der Waals surface area contributed by atoms with E-state index >= 15 is 0 Å². The van der Waals surface area contributed by atoms with E-state index in [0.717, 1.165) is 33.8 Å². The van der Waals surface area contributed by atoms with Gasteiger partial charge < -0.3 is 4.74 Å². The van der Waals surface area contributed by atoms with E-state index in [1.54, 1.807) is 13.2 Å². The van der Waals surface area contributed by atoms with Gasteiger partial charge in [-0.3, -0.25) is 10.1 Å². The van der Waals surface area contributed by atoms with E-state index in [2.05, 4.69) is 14.7 Å². The van der Waals surface area contributed by atoms with E-state index in [0.29, 0.717) is 10.0 Å². The molecule has 2 aromatic heterocycles. The second-order valence-electron chi connectivity index (χ2n) is 6.14. The maximum atomic E-state index is 12.6. The number of anilines is 1. The number of rotatable bonds is 5. The standard InChI is InChI=1S/C21H17N3O2S2/c1-13-8-9-18(26-2)15(10-13)17-12-27-21(22-17)23-20(25)19-11-16(24-28-19)14-6-4-3-5-7-14/h3-12H,1-2H3,(H,22,23,25). The molecule has 1 amide bonds. The van der Waals surface area contributed by atoms with Crippen LogP contribution < -0.4 is 10.1 Å². The maximum absolute atomic E-state index is 12.6. The van der Waals surface area contributed by atoms with Gasteiger partial charge in [-0.05, 0) is 36.7 Å². The number of carbonyl (C=O) groups is 1. The first-order valence-electron chi connectivity index (χ1n) is 8.58. The molecule has 5 nitrogen and oxygen atoms in total. The van der Waals surface area contributed by atoms with Gasteiger partial charge in [-0.2, -0.15) is 4.37 Å². The van der Waals surface area contributed by atoms with Gasteiger partial charge in [0, 0.05) is 16.5 Å². The molecule has 140 valence electrons. The van der Waals surface area contributed by atoms with Gasteiger partial charge >= 0.3 is 0 Å². The summed E-state index contributed by atoms with van der Waals surface area (Å²) in [5, 5.41) is 5.32. The van der Waals surface area contributed by atoms with Crippen LogP contribution in [0.3, 0.4) is 0 Å². The van der Waals surface area contributed by atoms with Gasteiger partial charge in [0.1, 0.15) is 10.6 Å². The van der Waals surface area contributed by atoms with Gasteiger partial charge in [-0.15, -0.1) is 11.3 Å². The van der Waals surface area contributed by atoms with Gasteiger partial charge in [-0.1, -0.05) is 42.0 Å². The number of thiazole rings is 1. The number of nitrogens with zero attached hydrogens (tertiary/aromatic N) is 2. The van der Waals surface area contributed by atoms with E-state index in [-0.39, 0.29) is 5.91 Å². The molecule has 0 aliphatic rings. The summed E-state index contributed by atoms with van der Waals surface area (Å²) in [6, 6.07) is 17.5. The molecule has 4 aromatic rings. The number of amides is 1. The van der Waals surface area contributed by atoms with Crippen LogP contribution in [0, 0.1) is 6.92 Å². The van der Waals surface area contributed by atoms with Gasteiger partial charge in [0.15, 0.2) is 5.13 Å². The summed E-state index contributed by atoms with van der Waals surface area (Å²) in [7, 11) is 1.64. The Kier molecular flexibility index (Phi) is 5.18. The van der Waals surface area contributed by atoms with Crippen molar-refractivity contribution in [2.45, 2.75) is 6.92 Å². The summed E-state index contributed by atoms with van der Waals surface area (Å²) in [6.45, 7) is 2.02. The lowest BCUT2D eigenvalue weighted by Gasteiger charge is -2.07. The zero-order valence-corrected chi connectivity index (χ0v) is 16.9. The minimum absolute atomic E-state index is 0.211. The molecular formula is C21H17N3O2S2. The van der Waals surface area contributed by atoms with Gasteiger partial charge in [0.25, 0.3) is 5.91 Å². The lowest BCUT2D eigenvalue weighted by Crippen LogP contribution is -2.09. The van der Waals surface area contributed by atoms with Crippen molar-refractivity contribution in [3.63, 3.8) is 0 Å². The molecule has 0 saturated heterocycles. The molecule has 0 spiro atoms. The van der Waals surface area contributed by atoms with Crippen molar-refractivity contribution >= 4 is 33.9 Å².